The summed E-state index contributed by atoms with van der Waals surface area (Å²) in [6, 6.07) is 4.60. The number of imide groups is 1. The van der Waals surface area contributed by atoms with Crippen molar-refractivity contribution in [2.24, 2.45) is 0 Å². The molecule has 0 aromatic heterocycles. The lowest BCUT2D eigenvalue weighted by molar-refractivity contribution is -0.177. The van der Waals surface area contributed by atoms with E-state index in [2.05, 4.69) is 16.8 Å². The smallest absolute Gasteiger partial charge is 0.279 e. The number of benzene rings is 1. The summed E-state index contributed by atoms with van der Waals surface area (Å²) < 4.78 is 19.9. The van der Waals surface area contributed by atoms with Gasteiger partial charge in [0.2, 0.25) is 11.6 Å². The summed E-state index contributed by atoms with van der Waals surface area (Å²) in [5.41, 5.74) is -2.27. The van der Waals surface area contributed by atoms with E-state index in [0.29, 0.717) is 24.7 Å². The molecule has 1 aromatic rings. The molecule has 0 aliphatic carbocycles. The number of ether oxygens (including phenoxy) is 1. The molecule has 0 spiro atoms. The molecule has 0 saturated carbocycles. The lowest BCUT2D eigenvalue weighted by Crippen LogP contribution is -2.63. The van der Waals surface area contributed by atoms with Crippen LogP contribution in [0.3, 0.4) is 0 Å². The van der Waals surface area contributed by atoms with Crippen molar-refractivity contribution in [2.45, 2.75) is 31.7 Å². The summed E-state index contributed by atoms with van der Waals surface area (Å²) in [4.78, 5) is 39.9. The molecule has 1 atom stereocenters. The van der Waals surface area contributed by atoms with Gasteiger partial charge in [-0.3, -0.25) is 29.5 Å². The van der Waals surface area contributed by atoms with E-state index in [1.54, 1.807) is 12.1 Å². The molecule has 204 valence electrons. The highest BCUT2D eigenvalue weighted by atomic mass is 19.1. The Morgan fingerprint density at radius 2 is 1.89 bits per heavy atom. The van der Waals surface area contributed by atoms with E-state index >= 15 is 0 Å². The van der Waals surface area contributed by atoms with Gasteiger partial charge in [0.25, 0.3) is 11.8 Å². The number of carbonyl (C=O) groups excluding carboxylic acids is 3. The van der Waals surface area contributed by atoms with Gasteiger partial charge in [0.1, 0.15) is 5.82 Å². The molecule has 3 amide bonds. The Bertz CT molecular complexity index is 1240. The molecule has 3 heterocycles. The van der Waals surface area contributed by atoms with E-state index in [4.69, 9.17) is 4.74 Å². The van der Waals surface area contributed by atoms with Crippen LogP contribution in [0.15, 0.2) is 53.3 Å². The molecule has 6 N–H and O–H groups in total. The number of amides is 3. The van der Waals surface area contributed by atoms with Crippen molar-refractivity contribution in [1.82, 2.24) is 20.4 Å². The number of rotatable bonds is 7. The van der Waals surface area contributed by atoms with Gasteiger partial charge in [-0.2, -0.15) is 0 Å². The predicted octanol–water partition coefficient (Wildman–Crippen LogP) is 0.368. The van der Waals surface area contributed by atoms with Gasteiger partial charge in [0, 0.05) is 50.2 Å². The Labute approximate surface area is 217 Å². The van der Waals surface area contributed by atoms with Crippen molar-refractivity contribution < 1.29 is 43.9 Å². The number of nitrogens with zero attached hydrogens (tertiary/aromatic N) is 2. The molecule has 0 radical (unpaired) electrons. The first-order valence-corrected chi connectivity index (χ1v) is 11.9. The number of likely N-dealkylation sites (tertiary alicyclic amines) is 1. The van der Waals surface area contributed by atoms with Crippen LogP contribution in [0.2, 0.25) is 0 Å². The number of aliphatic hydroxyl groups excluding tert-OH is 3. The summed E-state index contributed by atoms with van der Waals surface area (Å²) in [5.74, 6) is -5.92. The Hall–Kier alpha value is -3.94. The molecule has 3 aliphatic rings. The summed E-state index contributed by atoms with van der Waals surface area (Å²) in [7, 11) is 0. The quantitative estimate of drug-likeness (QED) is 0.164. The standard InChI is InChI=1S/C25H29FN4O8/c1-14(31)21(33)20-17(13-30(23(20)35)25(37)5-4-19(32)28-24(25)36)22(34)27-11-16-10-15(2-3-18(16)26)12-29-6-8-38-9-7-29/h2-3,10,27,31,33-34,37H,1,4-9,11-13H2,(H,28,32,36)/b21-20-,22-17-. The largest absolute Gasteiger partial charge is 0.505 e. The number of nitrogens with one attached hydrogen (secondary N) is 2. The van der Waals surface area contributed by atoms with Crippen molar-refractivity contribution in [2.75, 3.05) is 32.8 Å². The predicted molar refractivity (Wildman–Crippen MR) is 129 cm³/mol. The number of halogens is 1. The van der Waals surface area contributed by atoms with Crippen LogP contribution in [-0.2, 0) is 32.2 Å². The average Bonchev–Trinajstić information content (AvgIpc) is 3.24. The normalized spacial score (nSPS) is 25.3. The second-order valence-electron chi connectivity index (χ2n) is 9.25. The third-order valence-corrected chi connectivity index (χ3v) is 6.70. The number of aliphatic hydroxyl groups is 4. The van der Waals surface area contributed by atoms with Crippen molar-refractivity contribution >= 4 is 17.7 Å². The fourth-order valence-corrected chi connectivity index (χ4v) is 4.57. The summed E-state index contributed by atoms with van der Waals surface area (Å²) >= 11 is 0. The molecule has 38 heavy (non-hydrogen) atoms. The van der Waals surface area contributed by atoms with Crippen LogP contribution in [0.5, 0.6) is 0 Å². The van der Waals surface area contributed by atoms with E-state index in [1.807, 2.05) is 5.32 Å². The molecule has 1 aromatic carbocycles. The third kappa shape index (κ3) is 5.35. The highest BCUT2D eigenvalue weighted by Gasteiger charge is 2.53. The fourth-order valence-electron chi connectivity index (χ4n) is 4.57. The second-order valence-corrected chi connectivity index (χ2v) is 9.25. The van der Waals surface area contributed by atoms with Crippen molar-refractivity contribution in [1.29, 1.82) is 0 Å². The maximum Gasteiger partial charge on any atom is 0.279 e. The molecule has 3 aliphatic heterocycles. The minimum absolute atomic E-state index is 0.209. The van der Waals surface area contributed by atoms with E-state index in [0.717, 1.165) is 18.7 Å². The zero-order valence-corrected chi connectivity index (χ0v) is 20.5. The zero-order valence-electron chi connectivity index (χ0n) is 20.5. The Morgan fingerprint density at radius 1 is 1.18 bits per heavy atom. The minimum atomic E-state index is -2.45. The van der Waals surface area contributed by atoms with Gasteiger partial charge >= 0.3 is 0 Å². The van der Waals surface area contributed by atoms with Gasteiger partial charge in [0.05, 0.1) is 25.3 Å². The lowest BCUT2D eigenvalue weighted by atomic mass is 10.00. The van der Waals surface area contributed by atoms with Gasteiger partial charge < -0.3 is 30.5 Å². The summed E-state index contributed by atoms with van der Waals surface area (Å²) in [6.45, 7) is 5.70. The first-order chi connectivity index (χ1) is 18.0. The Balaban J connectivity index is 1.59. The topological polar surface area (TPSA) is 172 Å². The van der Waals surface area contributed by atoms with E-state index < -0.39 is 65.2 Å². The monoisotopic (exact) mass is 532 g/mol. The van der Waals surface area contributed by atoms with Crippen LogP contribution >= 0.6 is 0 Å². The molecular formula is C25H29FN4O8. The van der Waals surface area contributed by atoms with Gasteiger partial charge in [-0.1, -0.05) is 12.6 Å². The zero-order chi connectivity index (χ0) is 27.6. The summed E-state index contributed by atoms with van der Waals surface area (Å²) in [6.07, 6.45) is -0.673. The van der Waals surface area contributed by atoms with Crippen LogP contribution in [0.4, 0.5) is 4.39 Å². The molecule has 0 bridgehead atoms. The SMILES string of the molecule is C=C(O)/C(O)=C1/C(=O)N(C2(O)CCC(=O)NC2=O)C/C1=C(/O)NCc1cc(CN2CCOCC2)ccc1F. The molecule has 3 saturated heterocycles. The highest BCUT2D eigenvalue weighted by Crippen LogP contribution is 2.35. The lowest BCUT2D eigenvalue weighted by Gasteiger charge is -2.37. The molecule has 4 rings (SSSR count). The maximum absolute atomic E-state index is 14.5. The molecule has 3 fully saturated rings. The molecule has 13 heteroatoms. The first-order valence-electron chi connectivity index (χ1n) is 11.9. The van der Waals surface area contributed by atoms with E-state index in [-0.39, 0.29) is 24.1 Å². The highest BCUT2D eigenvalue weighted by molar-refractivity contribution is 6.08. The number of carbonyl (C=O) groups is 3. The van der Waals surface area contributed by atoms with Crippen molar-refractivity contribution in [3.63, 3.8) is 0 Å². The van der Waals surface area contributed by atoms with Crippen molar-refractivity contribution in [3.8, 4) is 0 Å². The Morgan fingerprint density at radius 3 is 2.55 bits per heavy atom. The number of morpholine rings is 1. The van der Waals surface area contributed by atoms with Gasteiger partial charge in [0.15, 0.2) is 17.4 Å². The third-order valence-electron chi connectivity index (χ3n) is 6.70. The fraction of sp³-hybridized carbons (Fsp3) is 0.400. The van der Waals surface area contributed by atoms with Gasteiger partial charge in [-0.05, 0) is 17.7 Å². The Kier molecular flexibility index (Phi) is 7.71. The maximum atomic E-state index is 14.5. The number of hydrogen-bond donors (Lipinski definition) is 6. The molecule has 1 unspecified atom stereocenters. The molecule has 12 nitrogen and oxygen atoms in total. The minimum Gasteiger partial charge on any atom is -0.505 e. The first kappa shape index (κ1) is 27.1. The van der Waals surface area contributed by atoms with Crippen LogP contribution < -0.4 is 10.6 Å². The van der Waals surface area contributed by atoms with Gasteiger partial charge in [-0.15, -0.1) is 0 Å². The van der Waals surface area contributed by atoms with E-state index in [9.17, 15) is 39.2 Å². The van der Waals surface area contributed by atoms with Crippen LogP contribution in [0.25, 0.3) is 0 Å². The second kappa shape index (κ2) is 10.8. The summed E-state index contributed by atoms with van der Waals surface area (Å²) in [5, 5.41) is 46.4. The van der Waals surface area contributed by atoms with Gasteiger partial charge in [-0.25, -0.2) is 4.39 Å². The molecular weight excluding hydrogens is 503 g/mol. The van der Waals surface area contributed by atoms with E-state index in [1.165, 1.54) is 6.07 Å². The van der Waals surface area contributed by atoms with Crippen LogP contribution in [0.1, 0.15) is 24.0 Å². The van der Waals surface area contributed by atoms with Crippen molar-refractivity contribution in [3.05, 3.63) is 70.3 Å². The number of piperidine rings is 1. The van der Waals surface area contributed by atoms with Crippen LogP contribution in [0, 0.1) is 5.82 Å². The number of hydrogen-bond acceptors (Lipinski definition) is 10. The average molecular weight is 533 g/mol. The van der Waals surface area contributed by atoms with Crippen LogP contribution in [-0.4, -0.2) is 86.5 Å².